The Morgan fingerprint density at radius 1 is 1.42 bits per heavy atom. The van der Waals surface area contributed by atoms with Crippen molar-refractivity contribution >= 4 is 12.0 Å². The molecule has 0 bridgehead atoms. The number of nitrogens with one attached hydrogen (secondary N) is 1. The van der Waals surface area contributed by atoms with Gasteiger partial charge in [-0.1, -0.05) is 6.92 Å². The van der Waals surface area contributed by atoms with Crippen LogP contribution in [0.4, 0.5) is 4.79 Å². The summed E-state index contributed by atoms with van der Waals surface area (Å²) in [6.45, 7) is 7.06. The number of carbonyl (C=O) groups is 2. The van der Waals surface area contributed by atoms with E-state index in [9.17, 15) is 9.59 Å². The molecule has 110 valence electrons. The average Bonchev–Trinajstić information content (AvgIpc) is 2.33. The predicted octanol–water partition coefficient (Wildman–Crippen LogP) is 0.833. The largest absolute Gasteiger partial charge is 0.481 e. The number of urea groups is 1. The van der Waals surface area contributed by atoms with Gasteiger partial charge in [0.15, 0.2) is 0 Å². The van der Waals surface area contributed by atoms with Crippen LogP contribution >= 0.6 is 0 Å². The second-order valence-corrected chi connectivity index (χ2v) is 5.53. The molecule has 0 saturated carbocycles. The number of piperazine rings is 1. The molecule has 2 amide bonds. The first-order chi connectivity index (χ1) is 8.90. The Labute approximate surface area is 114 Å². The number of likely N-dealkylation sites (N-methyl/N-ethyl adjacent to an activating group) is 1. The number of rotatable bonds is 5. The first-order valence-corrected chi connectivity index (χ1v) is 6.85. The maximum atomic E-state index is 12.0. The highest BCUT2D eigenvalue weighted by molar-refractivity contribution is 5.74. The van der Waals surface area contributed by atoms with Gasteiger partial charge in [0.25, 0.3) is 0 Å². The number of hydrogen-bond acceptors (Lipinski definition) is 3. The smallest absolute Gasteiger partial charge is 0.317 e. The van der Waals surface area contributed by atoms with Crippen LogP contribution in [0.15, 0.2) is 0 Å². The van der Waals surface area contributed by atoms with Crippen molar-refractivity contribution in [2.75, 3.05) is 33.2 Å². The van der Waals surface area contributed by atoms with Gasteiger partial charge in [0, 0.05) is 38.6 Å². The maximum Gasteiger partial charge on any atom is 0.317 e. The molecular formula is C13H25N3O3. The summed E-state index contributed by atoms with van der Waals surface area (Å²) in [4.78, 5) is 26.6. The number of aliphatic carboxylic acids is 1. The van der Waals surface area contributed by atoms with Crippen LogP contribution in [0, 0.1) is 5.92 Å². The minimum Gasteiger partial charge on any atom is -0.481 e. The van der Waals surface area contributed by atoms with E-state index >= 15 is 0 Å². The van der Waals surface area contributed by atoms with Crippen LogP contribution in [-0.2, 0) is 4.79 Å². The van der Waals surface area contributed by atoms with E-state index < -0.39 is 5.97 Å². The first kappa shape index (κ1) is 15.8. The van der Waals surface area contributed by atoms with Crippen molar-refractivity contribution in [1.29, 1.82) is 0 Å². The molecule has 2 N–H and O–H groups in total. The number of hydrogen-bond donors (Lipinski definition) is 2. The van der Waals surface area contributed by atoms with Gasteiger partial charge in [0.1, 0.15) is 0 Å². The average molecular weight is 271 g/mol. The molecule has 0 radical (unpaired) electrons. The van der Waals surface area contributed by atoms with Gasteiger partial charge in [-0.2, -0.15) is 0 Å². The van der Waals surface area contributed by atoms with Gasteiger partial charge < -0.3 is 20.2 Å². The zero-order valence-corrected chi connectivity index (χ0v) is 12.1. The monoisotopic (exact) mass is 271 g/mol. The third-order valence-corrected chi connectivity index (χ3v) is 3.54. The van der Waals surface area contributed by atoms with Crippen molar-refractivity contribution in [2.24, 2.45) is 5.92 Å². The number of carboxylic acids is 1. The molecule has 0 aliphatic carbocycles. The van der Waals surface area contributed by atoms with Crippen LogP contribution in [0.2, 0.25) is 0 Å². The lowest BCUT2D eigenvalue weighted by atomic mass is 10.1. The van der Waals surface area contributed by atoms with Crippen molar-refractivity contribution in [3.63, 3.8) is 0 Å². The predicted molar refractivity (Wildman–Crippen MR) is 73.1 cm³/mol. The van der Waals surface area contributed by atoms with Gasteiger partial charge in [-0.05, 0) is 26.3 Å². The van der Waals surface area contributed by atoms with E-state index in [0.29, 0.717) is 13.0 Å². The first-order valence-electron chi connectivity index (χ1n) is 6.85. The highest BCUT2D eigenvalue weighted by Gasteiger charge is 2.25. The minimum absolute atomic E-state index is 0.0391. The molecule has 0 aromatic rings. The van der Waals surface area contributed by atoms with Gasteiger partial charge in [-0.3, -0.25) is 4.79 Å². The van der Waals surface area contributed by atoms with Crippen molar-refractivity contribution in [2.45, 2.75) is 32.7 Å². The van der Waals surface area contributed by atoms with E-state index in [1.165, 1.54) is 0 Å². The summed E-state index contributed by atoms with van der Waals surface area (Å²) >= 11 is 0. The normalized spacial score (nSPS) is 22.1. The molecular weight excluding hydrogens is 246 g/mol. The van der Waals surface area contributed by atoms with Crippen molar-refractivity contribution < 1.29 is 14.7 Å². The van der Waals surface area contributed by atoms with Gasteiger partial charge in [0.05, 0.1) is 0 Å². The molecule has 19 heavy (non-hydrogen) atoms. The lowest BCUT2D eigenvalue weighted by Gasteiger charge is -2.38. The summed E-state index contributed by atoms with van der Waals surface area (Å²) in [6, 6.07) is 0.177. The van der Waals surface area contributed by atoms with Gasteiger partial charge >= 0.3 is 12.0 Å². The summed E-state index contributed by atoms with van der Waals surface area (Å²) in [5.41, 5.74) is 0. The van der Waals surface area contributed by atoms with E-state index in [4.69, 9.17) is 5.11 Å². The minimum atomic E-state index is -0.786. The molecule has 0 aromatic heterocycles. The van der Waals surface area contributed by atoms with E-state index in [0.717, 1.165) is 19.6 Å². The van der Waals surface area contributed by atoms with E-state index in [-0.39, 0.29) is 24.4 Å². The summed E-state index contributed by atoms with van der Waals surface area (Å²) in [5.74, 6) is -0.603. The fourth-order valence-electron chi connectivity index (χ4n) is 2.28. The van der Waals surface area contributed by atoms with Crippen LogP contribution < -0.4 is 5.32 Å². The molecule has 1 aliphatic heterocycles. The van der Waals surface area contributed by atoms with Crippen LogP contribution in [0.5, 0.6) is 0 Å². The molecule has 0 spiro atoms. The molecule has 6 heteroatoms. The van der Waals surface area contributed by atoms with Gasteiger partial charge in [-0.15, -0.1) is 0 Å². The van der Waals surface area contributed by atoms with Crippen LogP contribution in [-0.4, -0.2) is 66.2 Å². The summed E-state index contributed by atoms with van der Waals surface area (Å²) in [7, 11) is 2.06. The molecule has 1 heterocycles. The van der Waals surface area contributed by atoms with E-state index in [2.05, 4.69) is 17.3 Å². The van der Waals surface area contributed by atoms with Crippen LogP contribution in [0.25, 0.3) is 0 Å². The third-order valence-electron chi connectivity index (χ3n) is 3.54. The molecule has 1 saturated heterocycles. The van der Waals surface area contributed by atoms with Crippen molar-refractivity contribution in [3.05, 3.63) is 0 Å². The summed E-state index contributed by atoms with van der Waals surface area (Å²) in [6.07, 6.45) is 0.746. The zero-order valence-electron chi connectivity index (χ0n) is 12.1. The highest BCUT2D eigenvalue weighted by atomic mass is 16.4. The maximum absolute atomic E-state index is 12.0. The molecule has 1 aliphatic rings. The third kappa shape index (κ3) is 5.46. The van der Waals surface area contributed by atoms with E-state index in [1.807, 2.05) is 18.7 Å². The fourth-order valence-corrected chi connectivity index (χ4v) is 2.28. The number of nitrogens with zero attached hydrogens (tertiary/aromatic N) is 2. The number of carboxylic acid groups (broad SMARTS) is 1. The Morgan fingerprint density at radius 2 is 2.11 bits per heavy atom. The zero-order chi connectivity index (χ0) is 14.4. The highest BCUT2D eigenvalue weighted by Crippen LogP contribution is 2.09. The second-order valence-electron chi connectivity index (χ2n) is 5.53. The van der Waals surface area contributed by atoms with Gasteiger partial charge in [-0.25, -0.2) is 4.79 Å². The van der Waals surface area contributed by atoms with Crippen LogP contribution in [0.1, 0.15) is 26.7 Å². The lowest BCUT2D eigenvalue weighted by molar-refractivity contribution is -0.137. The SMILES string of the molecule is CC(CCC(=O)O)CNC(=O)N1CCN(C)CC1C. The van der Waals surface area contributed by atoms with Crippen molar-refractivity contribution in [3.8, 4) is 0 Å². The second kappa shape index (κ2) is 7.33. The van der Waals surface area contributed by atoms with Crippen molar-refractivity contribution in [1.82, 2.24) is 15.1 Å². The lowest BCUT2D eigenvalue weighted by Crippen LogP contribution is -2.55. The molecule has 1 fully saturated rings. The molecule has 2 unspecified atom stereocenters. The Morgan fingerprint density at radius 3 is 2.68 bits per heavy atom. The molecule has 6 nitrogen and oxygen atoms in total. The molecule has 2 atom stereocenters. The topological polar surface area (TPSA) is 72.9 Å². The standard InChI is InChI=1S/C13H25N3O3/c1-10(4-5-12(17)18)8-14-13(19)16-7-6-15(3)9-11(16)2/h10-11H,4-9H2,1-3H3,(H,14,19)(H,17,18). The fraction of sp³-hybridized carbons (Fsp3) is 0.846. The van der Waals surface area contributed by atoms with Gasteiger partial charge in [0.2, 0.25) is 0 Å². The molecule has 1 rings (SSSR count). The van der Waals surface area contributed by atoms with E-state index in [1.54, 1.807) is 0 Å². The number of carbonyl (C=O) groups excluding carboxylic acids is 1. The Balaban J connectivity index is 2.28. The Hall–Kier alpha value is -1.30. The summed E-state index contributed by atoms with van der Waals surface area (Å²) in [5, 5.41) is 11.5. The number of amides is 2. The Bertz CT molecular complexity index is 322. The quantitative estimate of drug-likeness (QED) is 0.777. The Kier molecular flexibility index (Phi) is 6.08. The van der Waals surface area contributed by atoms with Crippen LogP contribution in [0.3, 0.4) is 0 Å². The molecule has 0 aromatic carbocycles. The summed E-state index contributed by atoms with van der Waals surface area (Å²) < 4.78 is 0.